The summed E-state index contributed by atoms with van der Waals surface area (Å²) < 4.78 is 109. The third kappa shape index (κ3) is 9.46. The van der Waals surface area contributed by atoms with Crippen molar-refractivity contribution in [1.82, 2.24) is 10.5 Å². The van der Waals surface area contributed by atoms with Crippen molar-refractivity contribution in [2.24, 2.45) is 0 Å². The van der Waals surface area contributed by atoms with E-state index in [4.69, 9.17) is 4.52 Å². The van der Waals surface area contributed by atoms with Gasteiger partial charge in [0.15, 0.2) is 5.76 Å². The number of carbonyl (C=O) groups is 1. The molecule has 51 heavy (non-hydrogen) atoms. The summed E-state index contributed by atoms with van der Waals surface area (Å²) in [6.07, 6.45) is -9.53. The number of rotatable bonds is 10. The number of benzene rings is 4. The van der Waals surface area contributed by atoms with Crippen LogP contribution in [0.3, 0.4) is 0 Å². The van der Waals surface area contributed by atoms with Gasteiger partial charge in [0.25, 0.3) is 5.91 Å². The lowest BCUT2D eigenvalue weighted by atomic mass is 9.83. The lowest BCUT2D eigenvalue weighted by Crippen LogP contribution is -2.26. The zero-order chi connectivity index (χ0) is 37.1. The molecule has 0 saturated heterocycles. The van der Waals surface area contributed by atoms with E-state index in [1.165, 1.54) is 18.2 Å². The molecule has 0 aliphatic heterocycles. The van der Waals surface area contributed by atoms with Crippen LogP contribution in [0, 0.1) is 0 Å². The average molecular weight is 729 g/mol. The first-order chi connectivity index (χ1) is 23.9. The highest BCUT2D eigenvalue weighted by Crippen LogP contribution is 2.40. The maximum Gasteiger partial charge on any atom is 0.416 e. The van der Waals surface area contributed by atoms with E-state index in [0.717, 1.165) is 16.7 Å². The maximum atomic E-state index is 13.5. The highest BCUT2D eigenvalue weighted by Gasteiger charge is 2.37. The Kier molecular flexibility index (Phi) is 10.8. The van der Waals surface area contributed by atoms with Crippen LogP contribution in [0.15, 0.2) is 102 Å². The molecule has 5 rings (SSSR count). The highest BCUT2D eigenvalue weighted by molar-refractivity contribution is 7.72. The molecule has 0 aliphatic rings. The summed E-state index contributed by atoms with van der Waals surface area (Å²) in [7, 11) is -2.61. The monoisotopic (exact) mass is 728 g/mol. The molecule has 1 heterocycles. The van der Waals surface area contributed by atoms with Gasteiger partial charge in [-0.1, -0.05) is 80.5 Å². The fourth-order valence-corrected chi connectivity index (χ4v) is 5.86. The first-order valence-electron chi connectivity index (χ1n) is 15.8. The quantitative estimate of drug-likeness (QED) is 0.111. The number of hydrogen-bond donors (Lipinski definition) is 2. The Morgan fingerprint density at radius 2 is 1.35 bits per heavy atom. The second-order valence-electron chi connectivity index (χ2n) is 13.1. The van der Waals surface area contributed by atoms with Crippen molar-refractivity contribution in [3.05, 3.63) is 136 Å². The minimum absolute atomic E-state index is 0.00212. The van der Waals surface area contributed by atoms with E-state index in [9.17, 15) is 39.6 Å². The minimum Gasteiger partial charge on any atom is -0.356 e. The number of nitrogens with one attached hydrogen (secondary N) is 1. The van der Waals surface area contributed by atoms with Gasteiger partial charge >= 0.3 is 12.4 Å². The Hall–Kier alpha value is -4.91. The van der Waals surface area contributed by atoms with E-state index in [0.29, 0.717) is 35.4 Å². The van der Waals surface area contributed by atoms with Crippen LogP contribution in [-0.4, -0.2) is 31.8 Å². The smallest absolute Gasteiger partial charge is 0.356 e. The lowest BCUT2D eigenvalue weighted by molar-refractivity contribution is -0.143. The maximum absolute atomic E-state index is 13.5. The van der Waals surface area contributed by atoms with E-state index in [1.54, 1.807) is 36.4 Å². The van der Waals surface area contributed by atoms with E-state index in [-0.39, 0.29) is 46.6 Å². The van der Waals surface area contributed by atoms with Gasteiger partial charge in [0.1, 0.15) is 10.7 Å². The van der Waals surface area contributed by atoms with Crippen LogP contribution in [0.5, 0.6) is 0 Å². The number of carbonyl (C=O) groups excluding carboxylic acids is 1. The van der Waals surface area contributed by atoms with Crippen LogP contribution >= 0.6 is 0 Å². The Labute approximate surface area is 292 Å². The van der Waals surface area contributed by atoms with E-state index < -0.39 is 40.1 Å². The van der Waals surface area contributed by atoms with Gasteiger partial charge in [-0.25, -0.2) is 8.42 Å². The number of aromatic nitrogens is 1. The van der Waals surface area contributed by atoms with Crippen molar-refractivity contribution in [3.63, 3.8) is 0 Å². The molecule has 0 aliphatic carbocycles. The number of amides is 1. The molecule has 1 aromatic heterocycles. The Morgan fingerprint density at radius 3 is 1.92 bits per heavy atom. The molecular weight excluding hydrogens is 694 g/mol. The first kappa shape index (κ1) is 37.3. The predicted molar refractivity (Wildman–Crippen MR) is 182 cm³/mol. The van der Waals surface area contributed by atoms with Crippen LogP contribution in [0.1, 0.15) is 70.6 Å². The fourth-order valence-electron chi connectivity index (χ4n) is 5.56. The van der Waals surface area contributed by atoms with Crippen molar-refractivity contribution in [2.45, 2.75) is 50.9 Å². The second kappa shape index (κ2) is 14.7. The molecule has 0 spiro atoms. The summed E-state index contributed by atoms with van der Waals surface area (Å²) >= 11 is 0. The van der Waals surface area contributed by atoms with E-state index in [1.807, 2.05) is 24.3 Å². The number of thiol groups is 1. The molecule has 4 aromatic carbocycles. The van der Waals surface area contributed by atoms with Gasteiger partial charge in [-0.15, -0.1) is 0 Å². The topological polar surface area (TPSA) is 89.3 Å². The third-order valence-corrected chi connectivity index (χ3v) is 8.96. The SMILES string of the molecule is CC(C)(C)c1ccc(C(Cc2ccc(C(=O)NCC[SH](=O)=O)cc2)c2cc(-c3cccc(-c4cc(C(F)(F)F)cc(C(F)(F)F)c4)c3)on2)cc1. The first-order valence-corrected chi connectivity index (χ1v) is 17.2. The highest BCUT2D eigenvalue weighted by atomic mass is 32.2. The van der Waals surface area contributed by atoms with Gasteiger partial charge in [0.2, 0.25) is 0 Å². The largest absolute Gasteiger partial charge is 0.416 e. The molecule has 0 saturated carbocycles. The number of alkyl halides is 6. The van der Waals surface area contributed by atoms with Gasteiger partial charge in [-0.05, 0) is 76.1 Å². The van der Waals surface area contributed by atoms with Crippen LogP contribution in [0.25, 0.3) is 22.5 Å². The molecule has 13 heteroatoms. The normalized spacial score (nSPS) is 13.0. The molecule has 1 amide bonds. The zero-order valence-corrected chi connectivity index (χ0v) is 28.6. The molecule has 1 unspecified atom stereocenters. The van der Waals surface area contributed by atoms with Crippen LogP contribution in [0.2, 0.25) is 0 Å². The summed E-state index contributed by atoms with van der Waals surface area (Å²) in [6, 6.07) is 24.1. The van der Waals surface area contributed by atoms with Crippen LogP contribution in [0.4, 0.5) is 26.3 Å². The Balaban J connectivity index is 1.47. The van der Waals surface area contributed by atoms with Gasteiger partial charge in [-0.3, -0.25) is 4.79 Å². The molecule has 1 atom stereocenters. The van der Waals surface area contributed by atoms with Gasteiger partial charge in [0, 0.05) is 29.7 Å². The number of hydrogen-bond acceptors (Lipinski definition) is 5. The average Bonchev–Trinajstić information content (AvgIpc) is 3.56. The molecule has 0 fully saturated rings. The van der Waals surface area contributed by atoms with Crippen LogP contribution in [-0.2, 0) is 34.9 Å². The standard InChI is InChI=1S/C38H34F6N2O4S/c1-36(2,3)29-13-11-24(12-14-29)32(17-23-7-9-25(10-8-23)35(47)45-15-16-51(48)49)33-22-34(50-46-33)27-6-4-5-26(18-27)28-19-30(37(39,40)41)21-31(20-28)38(42,43)44/h4-14,18-22,32,51H,15-17H2,1-3H3,(H,45,47). The Morgan fingerprint density at radius 1 is 0.745 bits per heavy atom. The van der Waals surface area contributed by atoms with Crippen LogP contribution < -0.4 is 5.32 Å². The summed E-state index contributed by atoms with van der Waals surface area (Å²) in [5.74, 6) is -0.650. The molecule has 268 valence electrons. The van der Waals surface area contributed by atoms with Crippen molar-refractivity contribution in [3.8, 4) is 22.5 Å². The molecule has 0 radical (unpaired) electrons. The zero-order valence-electron chi connectivity index (χ0n) is 27.7. The van der Waals surface area contributed by atoms with Crippen molar-refractivity contribution in [1.29, 1.82) is 0 Å². The van der Waals surface area contributed by atoms with Crippen molar-refractivity contribution >= 4 is 16.6 Å². The molecule has 1 N–H and O–H groups in total. The van der Waals surface area contributed by atoms with Gasteiger partial charge < -0.3 is 9.84 Å². The molecular formula is C38H34F6N2O4S. The summed E-state index contributed by atoms with van der Waals surface area (Å²) in [6.45, 7) is 6.29. The van der Waals surface area contributed by atoms with Gasteiger partial charge in [-0.2, -0.15) is 26.3 Å². The summed E-state index contributed by atoms with van der Waals surface area (Å²) in [4.78, 5) is 12.5. The minimum atomic E-state index is -4.98. The third-order valence-electron chi connectivity index (χ3n) is 8.37. The number of nitrogens with zero attached hydrogens (tertiary/aromatic N) is 1. The molecule has 0 bridgehead atoms. The van der Waals surface area contributed by atoms with Crippen molar-refractivity contribution < 1.29 is 44.1 Å². The summed E-state index contributed by atoms with van der Waals surface area (Å²) in [5.41, 5.74) is 1.12. The van der Waals surface area contributed by atoms with E-state index in [2.05, 4.69) is 31.2 Å². The lowest BCUT2D eigenvalue weighted by Gasteiger charge is -2.21. The number of halogens is 6. The van der Waals surface area contributed by atoms with E-state index >= 15 is 0 Å². The Bertz CT molecular complexity index is 2040. The molecule has 6 nitrogen and oxygen atoms in total. The molecule has 5 aromatic rings. The summed E-state index contributed by atoms with van der Waals surface area (Å²) in [5, 5.41) is 6.91. The predicted octanol–water partition coefficient (Wildman–Crippen LogP) is 9.06. The second-order valence-corrected chi connectivity index (χ2v) is 14.2. The van der Waals surface area contributed by atoms with Gasteiger partial charge in [0.05, 0.1) is 22.6 Å². The fraction of sp³-hybridized carbons (Fsp3) is 0.263. The van der Waals surface area contributed by atoms with Crippen molar-refractivity contribution in [2.75, 3.05) is 12.3 Å².